The van der Waals surface area contributed by atoms with E-state index in [0.29, 0.717) is 12.7 Å². The summed E-state index contributed by atoms with van der Waals surface area (Å²) in [7, 11) is 2.16. The van der Waals surface area contributed by atoms with Crippen molar-refractivity contribution in [2.24, 2.45) is 0 Å². The van der Waals surface area contributed by atoms with Crippen molar-refractivity contribution in [3.8, 4) is 0 Å². The highest BCUT2D eigenvalue weighted by atomic mass is 79.9. The highest BCUT2D eigenvalue weighted by Gasteiger charge is 2.16. The van der Waals surface area contributed by atoms with Gasteiger partial charge in [0.2, 0.25) is 0 Å². The minimum atomic E-state index is 0.397. The first-order valence-corrected chi connectivity index (χ1v) is 7.06. The molecule has 1 saturated heterocycles. The van der Waals surface area contributed by atoms with Gasteiger partial charge in [-0.3, -0.25) is 0 Å². The van der Waals surface area contributed by atoms with Crippen LogP contribution in [0.25, 0.3) is 0 Å². The third-order valence-electron chi connectivity index (χ3n) is 3.14. The van der Waals surface area contributed by atoms with E-state index >= 15 is 0 Å². The number of halogens is 2. The van der Waals surface area contributed by atoms with Crippen LogP contribution in [0, 0.1) is 0 Å². The van der Waals surface area contributed by atoms with Crippen molar-refractivity contribution in [3.63, 3.8) is 0 Å². The first-order chi connectivity index (χ1) is 8.15. The molecule has 1 aliphatic rings. The van der Waals surface area contributed by atoms with Crippen LogP contribution in [-0.2, 0) is 11.3 Å². The van der Waals surface area contributed by atoms with E-state index in [9.17, 15) is 0 Å². The minimum absolute atomic E-state index is 0.397. The van der Waals surface area contributed by atoms with E-state index in [2.05, 4.69) is 27.9 Å². The molecule has 0 bridgehead atoms. The Morgan fingerprint density at radius 2 is 2.12 bits per heavy atom. The normalized spacial score (nSPS) is 18.5. The number of rotatable bonds is 3. The van der Waals surface area contributed by atoms with Crippen molar-refractivity contribution < 1.29 is 4.74 Å². The van der Waals surface area contributed by atoms with Crippen LogP contribution < -0.4 is 0 Å². The van der Waals surface area contributed by atoms with Crippen LogP contribution in [0.3, 0.4) is 0 Å². The van der Waals surface area contributed by atoms with Crippen molar-refractivity contribution in [1.29, 1.82) is 0 Å². The van der Waals surface area contributed by atoms with E-state index < -0.39 is 0 Å². The zero-order valence-electron chi connectivity index (χ0n) is 9.96. The number of benzene rings is 1. The van der Waals surface area contributed by atoms with Crippen LogP contribution in [0.5, 0.6) is 0 Å². The highest BCUT2D eigenvalue weighted by molar-refractivity contribution is 9.10. The standard InChI is InChI=1S/C13H17BrClNO/c1-16-6-4-11(5-7-16)17-9-10-2-3-12(14)13(15)8-10/h2-3,8,11H,4-7,9H2,1H3. The smallest absolute Gasteiger partial charge is 0.0721 e. The summed E-state index contributed by atoms with van der Waals surface area (Å²) in [5.41, 5.74) is 1.14. The average molecular weight is 319 g/mol. The van der Waals surface area contributed by atoms with Gasteiger partial charge in [-0.15, -0.1) is 0 Å². The fourth-order valence-electron chi connectivity index (χ4n) is 2.00. The summed E-state index contributed by atoms with van der Waals surface area (Å²) in [4.78, 5) is 2.34. The zero-order chi connectivity index (χ0) is 12.3. The Hall–Kier alpha value is -0.0900. The maximum Gasteiger partial charge on any atom is 0.0721 e. The molecular weight excluding hydrogens is 302 g/mol. The lowest BCUT2D eigenvalue weighted by Crippen LogP contribution is -2.34. The molecule has 1 aromatic rings. The monoisotopic (exact) mass is 317 g/mol. The summed E-state index contributed by atoms with van der Waals surface area (Å²) in [6.07, 6.45) is 2.65. The predicted molar refractivity (Wildman–Crippen MR) is 74.5 cm³/mol. The van der Waals surface area contributed by atoms with Gasteiger partial charge in [-0.05, 0) is 53.5 Å². The highest BCUT2D eigenvalue weighted by Crippen LogP contribution is 2.24. The second-order valence-electron chi connectivity index (χ2n) is 4.56. The SMILES string of the molecule is CN1CCC(OCc2ccc(Br)c(Cl)c2)CC1. The lowest BCUT2D eigenvalue weighted by Gasteiger charge is -2.28. The molecule has 0 amide bonds. The molecule has 0 unspecified atom stereocenters. The molecule has 0 saturated carbocycles. The molecule has 1 heterocycles. The van der Waals surface area contributed by atoms with E-state index in [-0.39, 0.29) is 0 Å². The minimum Gasteiger partial charge on any atom is -0.373 e. The van der Waals surface area contributed by atoms with Crippen molar-refractivity contribution in [2.75, 3.05) is 20.1 Å². The molecule has 2 rings (SSSR count). The van der Waals surface area contributed by atoms with Gasteiger partial charge in [0.1, 0.15) is 0 Å². The van der Waals surface area contributed by atoms with Crippen molar-refractivity contribution in [2.45, 2.75) is 25.6 Å². The molecule has 4 heteroatoms. The Kier molecular flexibility index (Phi) is 4.86. The lowest BCUT2D eigenvalue weighted by molar-refractivity contribution is 0.00213. The molecule has 1 aromatic carbocycles. The maximum atomic E-state index is 6.05. The van der Waals surface area contributed by atoms with Gasteiger partial charge in [-0.2, -0.15) is 0 Å². The van der Waals surface area contributed by atoms with Crippen LogP contribution >= 0.6 is 27.5 Å². The van der Waals surface area contributed by atoms with E-state index in [1.807, 2.05) is 18.2 Å². The van der Waals surface area contributed by atoms with Gasteiger partial charge >= 0.3 is 0 Å². The summed E-state index contributed by atoms with van der Waals surface area (Å²) in [6, 6.07) is 5.97. The fraction of sp³-hybridized carbons (Fsp3) is 0.538. The Morgan fingerprint density at radius 3 is 2.76 bits per heavy atom. The molecule has 1 fully saturated rings. The van der Waals surface area contributed by atoms with Crippen LogP contribution in [-0.4, -0.2) is 31.1 Å². The maximum absolute atomic E-state index is 6.05. The van der Waals surface area contributed by atoms with Gasteiger partial charge in [0.05, 0.1) is 17.7 Å². The van der Waals surface area contributed by atoms with E-state index in [1.54, 1.807) is 0 Å². The molecule has 2 nitrogen and oxygen atoms in total. The number of likely N-dealkylation sites (tertiary alicyclic amines) is 1. The van der Waals surface area contributed by atoms with Gasteiger partial charge in [0.25, 0.3) is 0 Å². The molecule has 94 valence electrons. The van der Waals surface area contributed by atoms with Gasteiger partial charge in [-0.25, -0.2) is 0 Å². The molecule has 0 N–H and O–H groups in total. The van der Waals surface area contributed by atoms with Crippen LogP contribution in [0.2, 0.25) is 5.02 Å². The first-order valence-electron chi connectivity index (χ1n) is 5.89. The number of hydrogen-bond donors (Lipinski definition) is 0. The molecule has 0 aliphatic carbocycles. The number of ether oxygens (including phenoxy) is 1. The zero-order valence-corrected chi connectivity index (χ0v) is 12.3. The number of nitrogens with zero attached hydrogens (tertiary/aromatic N) is 1. The molecular formula is C13H17BrClNO. The first kappa shape index (κ1) is 13.3. The average Bonchev–Trinajstić information content (AvgIpc) is 2.33. The van der Waals surface area contributed by atoms with Gasteiger partial charge in [0.15, 0.2) is 0 Å². The molecule has 0 spiro atoms. The number of hydrogen-bond acceptors (Lipinski definition) is 2. The molecule has 0 radical (unpaired) electrons. The van der Waals surface area contributed by atoms with Gasteiger partial charge in [0, 0.05) is 17.6 Å². The summed E-state index contributed by atoms with van der Waals surface area (Å²) in [6.45, 7) is 2.92. The third-order valence-corrected chi connectivity index (χ3v) is 4.37. The van der Waals surface area contributed by atoms with Crippen LogP contribution in [0.4, 0.5) is 0 Å². The molecule has 0 aromatic heterocycles. The second-order valence-corrected chi connectivity index (χ2v) is 5.82. The van der Waals surface area contributed by atoms with Gasteiger partial charge in [-0.1, -0.05) is 17.7 Å². The topological polar surface area (TPSA) is 12.5 Å². The van der Waals surface area contributed by atoms with Crippen molar-refractivity contribution >= 4 is 27.5 Å². The lowest BCUT2D eigenvalue weighted by atomic mass is 10.1. The largest absolute Gasteiger partial charge is 0.373 e. The summed E-state index contributed by atoms with van der Waals surface area (Å²) in [5.74, 6) is 0. The Morgan fingerprint density at radius 1 is 1.41 bits per heavy atom. The van der Waals surface area contributed by atoms with E-state index in [0.717, 1.165) is 41.0 Å². The third kappa shape index (κ3) is 3.95. The molecule has 17 heavy (non-hydrogen) atoms. The molecule has 0 atom stereocenters. The Bertz CT molecular complexity index is 378. The number of piperidine rings is 1. The summed E-state index contributed by atoms with van der Waals surface area (Å²) in [5, 5.41) is 0.745. The van der Waals surface area contributed by atoms with Gasteiger partial charge < -0.3 is 9.64 Å². The Labute approximate surface area is 116 Å². The fourth-order valence-corrected chi connectivity index (χ4v) is 2.44. The predicted octanol–water partition coefficient (Wildman–Crippen LogP) is 3.71. The van der Waals surface area contributed by atoms with Crippen LogP contribution in [0.1, 0.15) is 18.4 Å². The van der Waals surface area contributed by atoms with Crippen LogP contribution in [0.15, 0.2) is 22.7 Å². The van der Waals surface area contributed by atoms with E-state index in [1.165, 1.54) is 0 Å². The van der Waals surface area contributed by atoms with Crippen molar-refractivity contribution in [1.82, 2.24) is 4.90 Å². The molecule has 1 aliphatic heterocycles. The summed E-state index contributed by atoms with van der Waals surface area (Å²) >= 11 is 9.43. The quantitative estimate of drug-likeness (QED) is 0.842. The summed E-state index contributed by atoms with van der Waals surface area (Å²) < 4.78 is 6.84. The Balaban J connectivity index is 1.83. The van der Waals surface area contributed by atoms with Crippen molar-refractivity contribution in [3.05, 3.63) is 33.3 Å². The van der Waals surface area contributed by atoms with E-state index in [4.69, 9.17) is 16.3 Å². The second kappa shape index (κ2) is 6.19.